The number of aryl methyl sites for hydroxylation is 1. The molecule has 0 spiro atoms. The minimum absolute atomic E-state index is 0.133. The summed E-state index contributed by atoms with van der Waals surface area (Å²) < 4.78 is 28.6. The lowest BCUT2D eigenvalue weighted by Crippen LogP contribution is -2.17. The van der Waals surface area contributed by atoms with Gasteiger partial charge in [0.05, 0.1) is 4.90 Å². The number of hydrogen-bond donors (Lipinski definition) is 2. The van der Waals surface area contributed by atoms with Crippen molar-refractivity contribution in [1.82, 2.24) is 5.32 Å². The average Bonchev–Trinajstić information content (AvgIpc) is 2.70. The van der Waals surface area contributed by atoms with Gasteiger partial charge in [-0.15, -0.1) is 0 Å². The lowest BCUT2D eigenvalue weighted by Gasteiger charge is -2.13. The predicted molar refractivity (Wildman–Crippen MR) is 115 cm³/mol. The zero-order chi connectivity index (χ0) is 20.7. The van der Waals surface area contributed by atoms with Crippen LogP contribution in [0.3, 0.4) is 0 Å². The van der Waals surface area contributed by atoms with E-state index in [1.165, 1.54) is 5.56 Å². The summed E-state index contributed by atoms with van der Waals surface area (Å²) in [6.07, 6.45) is 0.789. The van der Waals surface area contributed by atoms with Gasteiger partial charge in [0.25, 0.3) is 0 Å². The molecule has 3 aromatic rings. The second-order valence-corrected chi connectivity index (χ2v) is 8.56. The average molecular weight is 411 g/mol. The maximum atomic E-state index is 11.3. The minimum atomic E-state index is -3.64. The monoisotopic (exact) mass is 410 g/mol. The standard InChI is InChI=1S/C23H26N2O3S/c1-18-5-4-6-20(15-18)17-28-23-8-3-2-7-21(23)16-25-14-13-19-9-11-22(12-10-19)29(24,26)27/h2-12,15,25H,13-14,16-17H2,1H3,(H2,24,26,27). The number of sulfonamides is 1. The third kappa shape index (κ3) is 6.42. The number of benzene rings is 3. The van der Waals surface area contributed by atoms with Gasteiger partial charge in [0.15, 0.2) is 0 Å². The largest absolute Gasteiger partial charge is 0.489 e. The number of nitrogens with two attached hydrogens (primary N) is 1. The second-order valence-electron chi connectivity index (χ2n) is 7.00. The summed E-state index contributed by atoms with van der Waals surface area (Å²) >= 11 is 0. The fourth-order valence-electron chi connectivity index (χ4n) is 3.06. The molecule has 0 aliphatic rings. The van der Waals surface area contributed by atoms with E-state index < -0.39 is 10.0 Å². The molecule has 0 aromatic heterocycles. The van der Waals surface area contributed by atoms with Crippen molar-refractivity contribution in [2.24, 2.45) is 5.14 Å². The van der Waals surface area contributed by atoms with Gasteiger partial charge in [-0.3, -0.25) is 0 Å². The summed E-state index contributed by atoms with van der Waals surface area (Å²) in [5.41, 5.74) is 4.52. The Bertz CT molecular complexity index is 1050. The molecule has 0 aliphatic carbocycles. The molecule has 3 rings (SSSR count). The number of rotatable bonds is 9. The number of hydrogen-bond acceptors (Lipinski definition) is 4. The van der Waals surface area contributed by atoms with Crippen LogP contribution in [0.5, 0.6) is 5.75 Å². The third-order valence-electron chi connectivity index (χ3n) is 4.61. The van der Waals surface area contributed by atoms with E-state index in [1.807, 2.05) is 24.3 Å². The number of nitrogens with one attached hydrogen (secondary N) is 1. The van der Waals surface area contributed by atoms with Gasteiger partial charge in [0.1, 0.15) is 12.4 Å². The number of primary sulfonamides is 1. The van der Waals surface area contributed by atoms with Gasteiger partial charge in [-0.05, 0) is 49.2 Å². The molecule has 0 atom stereocenters. The van der Waals surface area contributed by atoms with Crippen LogP contribution < -0.4 is 15.2 Å². The van der Waals surface area contributed by atoms with E-state index >= 15 is 0 Å². The Labute approximate surface area is 172 Å². The lowest BCUT2D eigenvalue weighted by atomic mass is 10.1. The van der Waals surface area contributed by atoms with E-state index in [-0.39, 0.29) is 4.90 Å². The summed E-state index contributed by atoms with van der Waals surface area (Å²) in [5, 5.41) is 8.54. The Balaban J connectivity index is 1.51. The Morgan fingerprint density at radius 3 is 2.41 bits per heavy atom. The summed E-state index contributed by atoms with van der Waals surface area (Å²) in [4.78, 5) is 0.133. The zero-order valence-electron chi connectivity index (χ0n) is 16.5. The van der Waals surface area contributed by atoms with Crippen LogP contribution in [0.15, 0.2) is 77.7 Å². The molecule has 3 N–H and O–H groups in total. The zero-order valence-corrected chi connectivity index (χ0v) is 17.3. The van der Waals surface area contributed by atoms with E-state index in [0.29, 0.717) is 13.2 Å². The molecule has 0 heterocycles. The molecule has 0 amide bonds. The molecular weight excluding hydrogens is 384 g/mol. The van der Waals surface area contributed by atoms with Gasteiger partial charge in [-0.1, -0.05) is 60.2 Å². The first-order valence-corrected chi connectivity index (χ1v) is 11.1. The lowest BCUT2D eigenvalue weighted by molar-refractivity contribution is 0.302. The van der Waals surface area contributed by atoms with E-state index in [2.05, 4.69) is 36.5 Å². The minimum Gasteiger partial charge on any atom is -0.489 e. The maximum Gasteiger partial charge on any atom is 0.238 e. The van der Waals surface area contributed by atoms with E-state index in [9.17, 15) is 8.42 Å². The van der Waals surface area contributed by atoms with Gasteiger partial charge >= 0.3 is 0 Å². The van der Waals surface area contributed by atoms with Crippen LogP contribution >= 0.6 is 0 Å². The van der Waals surface area contributed by atoms with Crippen molar-refractivity contribution in [3.63, 3.8) is 0 Å². The molecule has 152 valence electrons. The fourth-order valence-corrected chi connectivity index (χ4v) is 3.57. The SMILES string of the molecule is Cc1cccc(COc2ccccc2CNCCc2ccc(S(N)(=O)=O)cc2)c1. The van der Waals surface area contributed by atoms with Gasteiger partial charge in [0.2, 0.25) is 10.0 Å². The molecule has 0 fully saturated rings. The number of ether oxygens (including phenoxy) is 1. The highest BCUT2D eigenvalue weighted by molar-refractivity contribution is 7.89. The smallest absolute Gasteiger partial charge is 0.238 e. The van der Waals surface area contributed by atoms with E-state index in [4.69, 9.17) is 9.88 Å². The predicted octanol–water partition coefficient (Wildman–Crippen LogP) is 3.55. The van der Waals surface area contributed by atoms with Crippen molar-refractivity contribution in [3.8, 4) is 5.75 Å². The van der Waals surface area contributed by atoms with Crippen molar-refractivity contribution in [1.29, 1.82) is 0 Å². The number of para-hydroxylation sites is 1. The third-order valence-corrected chi connectivity index (χ3v) is 5.54. The van der Waals surface area contributed by atoms with Gasteiger partial charge < -0.3 is 10.1 Å². The topological polar surface area (TPSA) is 81.4 Å². The molecule has 0 bridgehead atoms. The van der Waals surface area contributed by atoms with Gasteiger partial charge in [0, 0.05) is 12.1 Å². The molecule has 3 aromatic carbocycles. The fraction of sp³-hybridized carbons (Fsp3) is 0.217. The first kappa shape index (κ1) is 21.0. The van der Waals surface area contributed by atoms with Crippen molar-refractivity contribution >= 4 is 10.0 Å². The molecule has 0 saturated heterocycles. The highest BCUT2D eigenvalue weighted by Crippen LogP contribution is 2.19. The van der Waals surface area contributed by atoms with Crippen LogP contribution in [0.4, 0.5) is 0 Å². The molecule has 0 radical (unpaired) electrons. The molecule has 0 unspecified atom stereocenters. The van der Waals surface area contributed by atoms with Gasteiger partial charge in [-0.25, -0.2) is 13.6 Å². The van der Waals surface area contributed by atoms with Crippen molar-refractivity contribution < 1.29 is 13.2 Å². The van der Waals surface area contributed by atoms with Crippen molar-refractivity contribution in [2.75, 3.05) is 6.54 Å². The molecule has 6 heteroatoms. The van der Waals surface area contributed by atoms with Crippen molar-refractivity contribution in [3.05, 3.63) is 95.1 Å². The first-order valence-electron chi connectivity index (χ1n) is 9.50. The summed E-state index contributed by atoms with van der Waals surface area (Å²) in [7, 11) is -3.64. The Hall–Kier alpha value is -2.67. The molecule has 29 heavy (non-hydrogen) atoms. The van der Waals surface area contributed by atoms with Crippen LogP contribution in [0, 0.1) is 6.92 Å². The molecule has 0 saturated carbocycles. The van der Waals surface area contributed by atoms with Crippen LogP contribution in [-0.4, -0.2) is 15.0 Å². The van der Waals surface area contributed by atoms with Crippen LogP contribution in [0.2, 0.25) is 0 Å². The van der Waals surface area contributed by atoms with Crippen molar-refractivity contribution in [2.45, 2.75) is 31.4 Å². The second kappa shape index (κ2) is 9.69. The normalized spacial score (nSPS) is 11.4. The highest BCUT2D eigenvalue weighted by atomic mass is 32.2. The van der Waals surface area contributed by atoms with Crippen LogP contribution in [-0.2, 0) is 29.6 Å². The Morgan fingerprint density at radius 2 is 1.69 bits per heavy atom. The summed E-state index contributed by atoms with van der Waals surface area (Å²) in [6, 6.07) is 23.0. The van der Waals surface area contributed by atoms with Crippen LogP contribution in [0.25, 0.3) is 0 Å². The summed E-state index contributed by atoms with van der Waals surface area (Å²) in [5.74, 6) is 0.874. The molecule has 5 nitrogen and oxygen atoms in total. The van der Waals surface area contributed by atoms with Crippen LogP contribution in [0.1, 0.15) is 22.3 Å². The first-order chi connectivity index (χ1) is 13.9. The Morgan fingerprint density at radius 1 is 0.931 bits per heavy atom. The van der Waals surface area contributed by atoms with Gasteiger partial charge in [-0.2, -0.15) is 0 Å². The molecular formula is C23H26N2O3S. The maximum absolute atomic E-state index is 11.3. The van der Waals surface area contributed by atoms with E-state index in [1.54, 1.807) is 24.3 Å². The Kier molecular flexibility index (Phi) is 7.04. The van der Waals surface area contributed by atoms with E-state index in [0.717, 1.165) is 35.4 Å². The summed E-state index contributed by atoms with van der Waals surface area (Å²) in [6.45, 7) is 4.07. The quantitative estimate of drug-likeness (QED) is 0.529. The molecule has 0 aliphatic heterocycles. The highest BCUT2D eigenvalue weighted by Gasteiger charge is 2.07.